The van der Waals surface area contributed by atoms with Gasteiger partial charge in [0.15, 0.2) is 11.6 Å². The van der Waals surface area contributed by atoms with E-state index >= 15 is 0 Å². The molecule has 0 aliphatic heterocycles. The number of carbonyl (C=O) groups excluding carboxylic acids is 2. The predicted octanol–water partition coefficient (Wildman–Crippen LogP) is 10.2. The number of hydrogen-bond donors (Lipinski definition) is 0. The van der Waals surface area contributed by atoms with Gasteiger partial charge in [-0.05, 0) is 24.3 Å². The van der Waals surface area contributed by atoms with Crippen LogP contribution in [-0.4, -0.2) is 23.1 Å². The van der Waals surface area contributed by atoms with Crippen LogP contribution in [0, 0.1) is 0 Å². The van der Waals surface area contributed by atoms with Gasteiger partial charge >= 0.3 is 0 Å². The largest absolute Gasteiger partial charge is 0.289 e. The lowest BCUT2D eigenvalue weighted by atomic mass is 10.1. The average molecular weight is 509 g/mol. The first kappa shape index (κ1) is 31.5. The minimum absolute atomic E-state index is 0.0299. The Morgan fingerprint density at radius 1 is 0.441 bits per heavy atom. The summed E-state index contributed by atoms with van der Waals surface area (Å²) in [5.74, 6) is 1.94. The first-order valence-corrected chi connectivity index (χ1v) is 16.4. The zero-order valence-electron chi connectivity index (χ0n) is 22.3. The average Bonchev–Trinajstić information content (AvgIpc) is 2.83. The van der Waals surface area contributed by atoms with Gasteiger partial charge in [-0.15, -0.1) is 23.5 Å². The molecule has 1 aliphatic rings. The fourth-order valence-electron chi connectivity index (χ4n) is 4.29. The normalized spacial score (nSPS) is 13.9. The van der Waals surface area contributed by atoms with Gasteiger partial charge < -0.3 is 0 Å². The molecule has 0 N–H and O–H groups in total. The Labute approximate surface area is 220 Å². The van der Waals surface area contributed by atoms with E-state index in [1.54, 1.807) is 35.7 Å². The van der Waals surface area contributed by atoms with E-state index < -0.39 is 0 Å². The van der Waals surface area contributed by atoms with Crippen molar-refractivity contribution in [2.24, 2.45) is 0 Å². The zero-order valence-corrected chi connectivity index (χ0v) is 24.0. The molecule has 0 heterocycles. The smallest absolute Gasteiger partial charge is 0.193 e. The van der Waals surface area contributed by atoms with E-state index in [2.05, 4.69) is 13.8 Å². The quantitative estimate of drug-likeness (QED) is 0.0959. The van der Waals surface area contributed by atoms with E-state index in [0.29, 0.717) is 9.81 Å². The van der Waals surface area contributed by atoms with Crippen LogP contribution in [0.5, 0.6) is 0 Å². The Hall–Kier alpha value is -0.480. The number of hydrogen-bond acceptors (Lipinski definition) is 4. The van der Waals surface area contributed by atoms with Gasteiger partial charge in [-0.1, -0.05) is 129 Å². The standard InChI is InChI=1S/C30H52O2S2/c1-3-5-7-9-11-13-15-17-19-21-23-33-29-25-28(32)30(26-27(29)31)34-24-22-20-18-16-14-12-10-8-6-4-2/h25-26H,3-24H2,1-2H3. The molecule has 1 aliphatic carbocycles. The van der Waals surface area contributed by atoms with Crippen LogP contribution in [0.25, 0.3) is 0 Å². The lowest BCUT2D eigenvalue weighted by Crippen LogP contribution is -2.10. The Balaban J connectivity index is 2.02. The fourth-order valence-corrected chi connectivity index (χ4v) is 6.21. The van der Waals surface area contributed by atoms with E-state index in [0.717, 1.165) is 24.3 Å². The Kier molecular flexibility index (Phi) is 21.3. The van der Waals surface area contributed by atoms with Crippen LogP contribution in [-0.2, 0) is 9.59 Å². The van der Waals surface area contributed by atoms with Crippen molar-refractivity contribution in [1.82, 2.24) is 0 Å². The maximum absolute atomic E-state index is 12.4. The molecule has 0 aromatic rings. The SMILES string of the molecule is CCCCCCCCCCCCSC1=CC(=O)C(SCCCCCCCCCCCC)=CC1=O. The van der Waals surface area contributed by atoms with Crippen LogP contribution in [0.2, 0.25) is 0 Å². The molecule has 0 aromatic heterocycles. The molecule has 0 amide bonds. The number of carbonyl (C=O) groups is 2. The van der Waals surface area contributed by atoms with Gasteiger partial charge in [0.25, 0.3) is 0 Å². The van der Waals surface area contributed by atoms with Crippen LogP contribution in [0.3, 0.4) is 0 Å². The maximum atomic E-state index is 12.4. The maximum Gasteiger partial charge on any atom is 0.193 e. The molecule has 0 unspecified atom stereocenters. The molecule has 0 aromatic carbocycles. The van der Waals surface area contributed by atoms with E-state index in [1.165, 1.54) is 116 Å². The molecule has 0 bridgehead atoms. The molecule has 196 valence electrons. The van der Waals surface area contributed by atoms with Gasteiger partial charge in [0.05, 0.1) is 9.81 Å². The predicted molar refractivity (Wildman–Crippen MR) is 155 cm³/mol. The number of ketones is 2. The van der Waals surface area contributed by atoms with Crippen LogP contribution in [0.1, 0.15) is 142 Å². The van der Waals surface area contributed by atoms with E-state index in [-0.39, 0.29) is 11.6 Å². The van der Waals surface area contributed by atoms with Gasteiger partial charge in [-0.2, -0.15) is 0 Å². The van der Waals surface area contributed by atoms with Crippen molar-refractivity contribution >= 4 is 35.1 Å². The summed E-state index contributed by atoms with van der Waals surface area (Å²) in [7, 11) is 0. The fraction of sp³-hybridized carbons (Fsp3) is 0.800. The second kappa shape index (κ2) is 23.0. The summed E-state index contributed by atoms with van der Waals surface area (Å²) in [6, 6.07) is 0. The number of thioether (sulfide) groups is 2. The molecule has 0 saturated heterocycles. The monoisotopic (exact) mass is 508 g/mol. The summed E-state index contributed by atoms with van der Waals surface area (Å²) < 4.78 is 0. The second-order valence-corrected chi connectivity index (χ2v) is 12.1. The van der Waals surface area contributed by atoms with Crippen LogP contribution in [0.4, 0.5) is 0 Å². The van der Waals surface area contributed by atoms with E-state index in [9.17, 15) is 9.59 Å². The molecule has 1 rings (SSSR count). The number of rotatable bonds is 24. The molecule has 34 heavy (non-hydrogen) atoms. The molecular weight excluding hydrogens is 456 g/mol. The van der Waals surface area contributed by atoms with Crippen molar-refractivity contribution in [1.29, 1.82) is 0 Å². The Morgan fingerprint density at radius 2 is 0.706 bits per heavy atom. The van der Waals surface area contributed by atoms with Gasteiger partial charge in [0.2, 0.25) is 0 Å². The highest BCUT2D eigenvalue weighted by molar-refractivity contribution is 8.04. The summed E-state index contributed by atoms with van der Waals surface area (Å²) in [5, 5.41) is 0. The molecule has 0 fully saturated rings. The van der Waals surface area contributed by atoms with Crippen molar-refractivity contribution in [3.63, 3.8) is 0 Å². The summed E-state index contributed by atoms with van der Waals surface area (Å²) >= 11 is 3.14. The highest BCUT2D eigenvalue weighted by Crippen LogP contribution is 2.29. The molecule has 0 atom stereocenters. The lowest BCUT2D eigenvalue weighted by Gasteiger charge is -2.11. The molecule has 2 nitrogen and oxygen atoms in total. The van der Waals surface area contributed by atoms with Crippen molar-refractivity contribution in [2.45, 2.75) is 142 Å². The topological polar surface area (TPSA) is 34.1 Å². The highest BCUT2D eigenvalue weighted by Gasteiger charge is 2.20. The van der Waals surface area contributed by atoms with Gasteiger partial charge in [-0.25, -0.2) is 0 Å². The number of unbranched alkanes of at least 4 members (excludes halogenated alkanes) is 18. The molecule has 0 spiro atoms. The van der Waals surface area contributed by atoms with Crippen molar-refractivity contribution in [3.05, 3.63) is 22.0 Å². The first-order chi connectivity index (χ1) is 16.7. The van der Waals surface area contributed by atoms with Gasteiger partial charge in [0, 0.05) is 12.2 Å². The summed E-state index contributed by atoms with van der Waals surface area (Å²) in [5.41, 5.74) is 0. The minimum Gasteiger partial charge on any atom is -0.289 e. The summed E-state index contributed by atoms with van der Waals surface area (Å²) in [6.45, 7) is 4.53. The molecule has 4 heteroatoms. The van der Waals surface area contributed by atoms with E-state index in [4.69, 9.17) is 0 Å². The molecule has 0 radical (unpaired) electrons. The van der Waals surface area contributed by atoms with Crippen molar-refractivity contribution in [2.75, 3.05) is 11.5 Å². The third-order valence-corrected chi connectivity index (χ3v) is 8.77. The highest BCUT2D eigenvalue weighted by atomic mass is 32.2. The molecule has 0 saturated carbocycles. The third-order valence-electron chi connectivity index (χ3n) is 6.52. The van der Waals surface area contributed by atoms with Crippen LogP contribution < -0.4 is 0 Å². The third kappa shape index (κ3) is 17.0. The zero-order chi connectivity index (χ0) is 24.7. The van der Waals surface area contributed by atoms with Crippen LogP contribution >= 0.6 is 23.5 Å². The van der Waals surface area contributed by atoms with Crippen molar-refractivity contribution < 1.29 is 9.59 Å². The van der Waals surface area contributed by atoms with Gasteiger partial charge in [-0.3, -0.25) is 9.59 Å². The van der Waals surface area contributed by atoms with E-state index in [1.807, 2.05) is 0 Å². The van der Waals surface area contributed by atoms with Crippen LogP contribution in [0.15, 0.2) is 22.0 Å². The Morgan fingerprint density at radius 3 is 1.00 bits per heavy atom. The number of allylic oxidation sites excluding steroid dienone is 4. The lowest BCUT2D eigenvalue weighted by molar-refractivity contribution is -0.114. The van der Waals surface area contributed by atoms with Crippen molar-refractivity contribution in [3.8, 4) is 0 Å². The summed E-state index contributed by atoms with van der Waals surface area (Å²) in [4.78, 5) is 26.2. The molecular formula is C30H52O2S2. The first-order valence-electron chi connectivity index (χ1n) is 14.5. The second-order valence-electron chi connectivity index (χ2n) is 9.81. The summed E-state index contributed by atoms with van der Waals surface area (Å²) in [6.07, 6.45) is 29.6. The minimum atomic E-state index is 0.0299. The van der Waals surface area contributed by atoms with Gasteiger partial charge in [0.1, 0.15) is 0 Å². The Bertz CT molecular complexity index is 543.